The lowest BCUT2D eigenvalue weighted by Gasteiger charge is -2.26. The summed E-state index contributed by atoms with van der Waals surface area (Å²) < 4.78 is 2.08. The zero-order chi connectivity index (χ0) is 26.8. The Labute approximate surface area is 226 Å². The quantitative estimate of drug-likeness (QED) is 0.252. The smallest absolute Gasteiger partial charge is 0.245 e. The summed E-state index contributed by atoms with van der Waals surface area (Å²) >= 11 is 3.32. The van der Waals surface area contributed by atoms with Gasteiger partial charge in [-0.25, -0.2) is 15.0 Å². The fourth-order valence-corrected chi connectivity index (χ4v) is 5.77. The molecule has 0 N–H and O–H groups in total. The number of amides is 1. The molecule has 1 aliphatic carbocycles. The number of aryl methyl sites for hydroxylation is 1. The van der Waals surface area contributed by atoms with Crippen molar-refractivity contribution in [1.29, 1.82) is 0 Å². The molecule has 0 aromatic carbocycles. The zero-order valence-electron chi connectivity index (χ0n) is 21.1. The number of Topliss-reactive ketones (excluding diaryl/α,β-unsaturated/α-hetero) is 2. The highest BCUT2D eigenvalue weighted by Crippen LogP contribution is 2.59. The van der Waals surface area contributed by atoms with Gasteiger partial charge in [0.15, 0.2) is 5.78 Å². The first-order chi connectivity index (χ1) is 18.1. The number of ketones is 2. The minimum atomic E-state index is -0.589. The summed E-state index contributed by atoms with van der Waals surface area (Å²) in [7, 11) is 0. The van der Waals surface area contributed by atoms with E-state index in [4.69, 9.17) is 0 Å². The molecule has 1 saturated carbocycles. The van der Waals surface area contributed by atoms with Crippen molar-refractivity contribution in [2.24, 2.45) is 5.41 Å². The molecule has 3 atom stereocenters. The van der Waals surface area contributed by atoms with E-state index in [1.165, 1.54) is 11.6 Å². The third kappa shape index (κ3) is 4.10. The normalized spacial score (nSPS) is 21.9. The molecule has 10 nitrogen and oxygen atoms in total. The molecule has 1 aliphatic heterocycles. The second-order valence-electron chi connectivity index (χ2n) is 10.3. The van der Waals surface area contributed by atoms with Crippen LogP contribution in [0.4, 0.5) is 0 Å². The molecule has 2 fully saturated rings. The van der Waals surface area contributed by atoms with Crippen LogP contribution in [-0.2, 0) is 11.3 Å². The molecule has 1 unspecified atom stereocenters. The number of nitrogens with zero attached hydrogens (tertiary/aromatic N) is 7. The summed E-state index contributed by atoms with van der Waals surface area (Å²) in [5.41, 5.74) is 2.38. The molecule has 11 heteroatoms. The second kappa shape index (κ2) is 8.87. The Hall–Kier alpha value is -3.86. The molecule has 192 valence electrons. The van der Waals surface area contributed by atoms with E-state index in [9.17, 15) is 14.4 Å². The third-order valence-corrected chi connectivity index (χ3v) is 7.97. The standard InChI is InChI=1S/C27H24BrN7O3/c1-14(36)25-17-7-19(16-10-29-15(2)30-11-16)31-12-21(17)34(33-25)13-24(37)35-20(8-27(3)9-22(27)35)26(38)18-5-4-6-23(28)32-18/h4-7,10-12,20,22H,8-9,13H2,1-3H3/t20-,22?,27-/m0/s1. The molecule has 0 spiro atoms. The SMILES string of the molecule is CC(=O)c1nn(CC(=O)N2C3C[C@]3(C)C[C@H]2C(=O)c2cccc(Br)n2)c2cnc(-c3cnc(C)nc3)cc12. The molecule has 1 amide bonds. The molecule has 5 heterocycles. The number of rotatable bonds is 6. The van der Waals surface area contributed by atoms with E-state index in [2.05, 4.69) is 47.9 Å². The number of likely N-dealkylation sites (tertiary alicyclic amines) is 1. The van der Waals surface area contributed by atoms with E-state index < -0.39 is 6.04 Å². The predicted molar refractivity (Wildman–Crippen MR) is 141 cm³/mol. The summed E-state index contributed by atoms with van der Waals surface area (Å²) in [5, 5.41) is 5.09. The maximum Gasteiger partial charge on any atom is 0.245 e. The van der Waals surface area contributed by atoms with Crippen LogP contribution in [0.25, 0.3) is 22.2 Å². The van der Waals surface area contributed by atoms with Gasteiger partial charge in [-0.15, -0.1) is 0 Å². The Morgan fingerprint density at radius 1 is 1.11 bits per heavy atom. The number of piperidine rings is 1. The van der Waals surface area contributed by atoms with Crippen LogP contribution in [-0.4, -0.2) is 64.2 Å². The number of pyridine rings is 2. The lowest BCUT2D eigenvalue weighted by atomic mass is 9.97. The van der Waals surface area contributed by atoms with Gasteiger partial charge in [0.2, 0.25) is 11.7 Å². The second-order valence-corrected chi connectivity index (χ2v) is 11.1. The van der Waals surface area contributed by atoms with Gasteiger partial charge in [0.1, 0.15) is 28.4 Å². The highest BCUT2D eigenvalue weighted by atomic mass is 79.9. The molecule has 38 heavy (non-hydrogen) atoms. The summed E-state index contributed by atoms with van der Waals surface area (Å²) in [5.74, 6) is 0.0319. The van der Waals surface area contributed by atoms with Crippen LogP contribution in [0.1, 0.15) is 53.5 Å². The number of hydrogen-bond acceptors (Lipinski definition) is 8. The van der Waals surface area contributed by atoms with E-state index in [0.29, 0.717) is 44.7 Å². The molecular formula is C27H24BrN7O3. The van der Waals surface area contributed by atoms with Crippen molar-refractivity contribution in [2.75, 3.05) is 0 Å². The molecule has 0 bridgehead atoms. The average molecular weight is 574 g/mol. The zero-order valence-corrected chi connectivity index (χ0v) is 22.6. The Morgan fingerprint density at radius 2 is 1.87 bits per heavy atom. The van der Waals surface area contributed by atoms with Crippen LogP contribution in [0.5, 0.6) is 0 Å². The highest BCUT2D eigenvalue weighted by Gasteiger charge is 2.64. The summed E-state index contributed by atoms with van der Waals surface area (Å²) in [4.78, 5) is 58.6. The van der Waals surface area contributed by atoms with Gasteiger partial charge in [-0.2, -0.15) is 5.10 Å². The molecule has 6 rings (SSSR count). The first kappa shape index (κ1) is 24.5. The molecule has 4 aromatic heterocycles. The molecule has 1 saturated heterocycles. The van der Waals surface area contributed by atoms with E-state index >= 15 is 0 Å². The van der Waals surface area contributed by atoms with Gasteiger partial charge in [0, 0.05) is 36.3 Å². The van der Waals surface area contributed by atoms with Crippen LogP contribution in [0, 0.1) is 12.3 Å². The first-order valence-corrected chi connectivity index (χ1v) is 13.1. The van der Waals surface area contributed by atoms with E-state index in [1.54, 1.807) is 54.7 Å². The van der Waals surface area contributed by atoms with Crippen molar-refractivity contribution >= 4 is 44.3 Å². The van der Waals surface area contributed by atoms with Gasteiger partial charge in [-0.3, -0.25) is 24.0 Å². The monoisotopic (exact) mass is 573 g/mol. The molecule has 2 aliphatic rings. The van der Waals surface area contributed by atoms with Gasteiger partial charge in [-0.05, 0) is 59.3 Å². The Morgan fingerprint density at radius 3 is 2.58 bits per heavy atom. The van der Waals surface area contributed by atoms with Crippen molar-refractivity contribution in [1.82, 2.24) is 34.6 Å². The fourth-order valence-electron chi connectivity index (χ4n) is 5.42. The number of hydrogen-bond donors (Lipinski definition) is 0. The lowest BCUT2D eigenvalue weighted by Crippen LogP contribution is -2.45. The number of halogens is 1. The Kier molecular flexibility index (Phi) is 5.71. The summed E-state index contributed by atoms with van der Waals surface area (Å²) in [6.45, 7) is 5.24. The van der Waals surface area contributed by atoms with Crippen molar-refractivity contribution in [3.8, 4) is 11.3 Å². The summed E-state index contributed by atoms with van der Waals surface area (Å²) in [6, 6.07) is 6.37. The third-order valence-electron chi connectivity index (χ3n) is 7.53. The number of aromatic nitrogens is 6. The van der Waals surface area contributed by atoms with Crippen molar-refractivity contribution in [2.45, 2.75) is 52.2 Å². The van der Waals surface area contributed by atoms with Crippen LogP contribution < -0.4 is 0 Å². The number of carbonyl (C=O) groups is 3. The minimum absolute atomic E-state index is 0.00327. The van der Waals surface area contributed by atoms with Crippen molar-refractivity contribution in [3.05, 3.63) is 64.7 Å². The number of carbonyl (C=O) groups excluding carboxylic acids is 3. The molecular weight excluding hydrogens is 550 g/mol. The van der Waals surface area contributed by atoms with Crippen LogP contribution >= 0.6 is 15.9 Å². The predicted octanol–water partition coefficient (Wildman–Crippen LogP) is 3.82. The van der Waals surface area contributed by atoms with Gasteiger partial charge >= 0.3 is 0 Å². The maximum atomic E-state index is 13.7. The maximum absolute atomic E-state index is 13.7. The Bertz CT molecular complexity index is 1630. The van der Waals surface area contributed by atoms with Crippen molar-refractivity contribution in [3.63, 3.8) is 0 Å². The van der Waals surface area contributed by atoms with E-state index in [1.807, 2.05) is 0 Å². The van der Waals surface area contributed by atoms with Gasteiger partial charge in [0.25, 0.3) is 0 Å². The van der Waals surface area contributed by atoms with Crippen molar-refractivity contribution < 1.29 is 14.4 Å². The average Bonchev–Trinajstić information content (AvgIpc) is 3.26. The van der Waals surface area contributed by atoms with Gasteiger partial charge < -0.3 is 4.90 Å². The summed E-state index contributed by atoms with van der Waals surface area (Å²) in [6.07, 6.45) is 6.41. The topological polar surface area (TPSA) is 124 Å². The van der Waals surface area contributed by atoms with Crippen LogP contribution in [0.15, 0.2) is 47.5 Å². The Balaban J connectivity index is 1.33. The molecule has 0 radical (unpaired) electrons. The highest BCUT2D eigenvalue weighted by molar-refractivity contribution is 9.10. The van der Waals surface area contributed by atoms with E-state index in [-0.39, 0.29) is 41.2 Å². The molecule has 4 aromatic rings. The van der Waals surface area contributed by atoms with Crippen LogP contribution in [0.3, 0.4) is 0 Å². The largest absolute Gasteiger partial charge is 0.327 e. The lowest BCUT2D eigenvalue weighted by molar-refractivity contribution is -0.133. The van der Waals surface area contributed by atoms with E-state index in [0.717, 1.165) is 6.42 Å². The minimum Gasteiger partial charge on any atom is -0.327 e. The van der Waals surface area contributed by atoms with Gasteiger partial charge in [0.05, 0.1) is 23.4 Å². The fraction of sp³-hybridized carbons (Fsp3) is 0.333. The van der Waals surface area contributed by atoms with Gasteiger partial charge in [-0.1, -0.05) is 13.0 Å². The number of fused-ring (bicyclic) bond motifs is 2. The first-order valence-electron chi connectivity index (χ1n) is 12.3. The van der Waals surface area contributed by atoms with Crippen LogP contribution in [0.2, 0.25) is 0 Å².